The van der Waals surface area contributed by atoms with E-state index < -0.39 is 0 Å². The Labute approximate surface area is 136 Å². The summed E-state index contributed by atoms with van der Waals surface area (Å²) in [5.41, 5.74) is 1.83. The van der Waals surface area contributed by atoms with Gasteiger partial charge in [-0.2, -0.15) is 4.98 Å². The van der Waals surface area contributed by atoms with Gasteiger partial charge < -0.3 is 15.4 Å². The van der Waals surface area contributed by atoms with Gasteiger partial charge in [-0.15, -0.1) is 5.10 Å². The van der Waals surface area contributed by atoms with Crippen LogP contribution >= 0.6 is 0 Å². The van der Waals surface area contributed by atoms with Crippen LogP contribution in [0.4, 0.5) is 5.82 Å². The van der Waals surface area contributed by atoms with Crippen LogP contribution in [-0.4, -0.2) is 44.8 Å². The molecule has 0 aromatic carbocycles. The van der Waals surface area contributed by atoms with Crippen LogP contribution in [0.25, 0.3) is 5.65 Å². The van der Waals surface area contributed by atoms with E-state index in [0.717, 1.165) is 43.1 Å². The molecule has 0 aliphatic carbocycles. The number of fused-ring (bicyclic) bond motifs is 1. The van der Waals surface area contributed by atoms with Crippen LogP contribution in [0.1, 0.15) is 52.1 Å². The normalized spacial score (nSPS) is 16.4. The van der Waals surface area contributed by atoms with Crippen molar-refractivity contribution < 1.29 is 4.74 Å². The summed E-state index contributed by atoms with van der Waals surface area (Å²) in [5.74, 6) is 1.09. The fourth-order valence-corrected chi connectivity index (χ4v) is 2.79. The molecule has 126 valence electrons. The molecule has 7 nitrogen and oxygen atoms in total. The summed E-state index contributed by atoms with van der Waals surface area (Å²) in [6.07, 6.45) is 4.06. The van der Waals surface area contributed by atoms with Crippen molar-refractivity contribution in [2.24, 2.45) is 0 Å². The highest BCUT2D eigenvalue weighted by Gasteiger charge is 2.19. The number of rotatable bonds is 5. The number of imidazole rings is 1. The molecule has 0 spiro atoms. The van der Waals surface area contributed by atoms with Gasteiger partial charge in [0.15, 0.2) is 11.5 Å². The van der Waals surface area contributed by atoms with E-state index in [-0.39, 0.29) is 6.10 Å². The maximum Gasteiger partial charge on any atom is 0.336 e. The van der Waals surface area contributed by atoms with Crippen LogP contribution in [0.5, 0.6) is 6.01 Å². The highest BCUT2D eigenvalue weighted by Crippen LogP contribution is 2.23. The first kappa shape index (κ1) is 16.0. The van der Waals surface area contributed by atoms with Crippen LogP contribution in [0, 0.1) is 0 Å². The first-order valence-corrected chi connectivity index (χ1v) is 8.44. The number of nitrogens with one attached hydrogen (secondary N) is 2. The zero-order valence-electron chi connectivity index (χ0n) is 14.3. The maximum atomic E-state index is 5.73. The number of hydrogen-bond donors (Lipinski definition) is 2. The van der Waals surface area contributed by atoms with Crippen molar-refractivity contribution in [1.29, 1.82) is 0 Å². The van der Waals surface area contributed by atoms with Crippen molar-refractivity contribution in [3.63, 3.8) is 0 Å². The summed E-state index contributed by atoms with van der Waals surface area (Å²) in [6.45, 7) is 10.3. The van der Waals surface area contributed by atoms with E-state index in [1.165, 1.54) is 0 Å². The average Bonchev–Trinajstić information content (AvgIpc) is 2.92. The Hall–Kier alpha value is -1.89. The first-order valence-electron chi connectivity index (χ1n) is 8.44. The van der Waals surface area contributed by atoms with Crippen LogP contribution in [0.15, 0.2) is 6.20 Å². The molecule has 0 amide bonds. The van der Waals surface area contributed by atoms with E-state index >= 15 is 0 Å². The fraction of sp³-hybridized carbons (Fsp3) is 0.688. The number of ether oxygens (including phenoxy) is 1. The molecular formula is C16H26N6O. The van der Waals surface area contributed by atoms with Crippen molar-refractivity contribution in [2.75, 3.05) is 18.4 Å². The third-order valence-corrected chi connectivity index (χ3v) is 3.98. The van der Waals surface area contributed by atoms with Gasteiger partial charge in [0.25, 0.3) is 0 Å². The van der Waals surface area contributed by atoms with E-state index in [1.807, 2.05) is 24.6 Å². The van der Waals surface area contributed by atoms with Gasteiger partial charge in [0.2, 0.25) is 0 Å². The number of piperidine rings is 1. The molecule has 1 saturated heterocycles. The molecule has 7 heteroatoms. The third kappa shape index (κ3) is 3.55. The van der Waals surface area contributed by atoms with Crippen LogP contribution in [0.3, 0.4) is 0 Å². The predicted octanol–water partition coefficient (Wildman–Crippen LogP) is 2.20. The molecule has 0 bridgehead atoms. The largest absolute Gasteiger partial charge is 0.460 e. The summed E-state index contributed by atoms with van der Waals surface area (Å²) in [4.78, 5) is 9.09. The molecule has 0 saturated carbocycles. The Morgan fingerprint density at radius 2 is 2.00 bits per heavy atom. The van der Waals surface area contributed by atoms with Gasteiger partial charge in [0, 0.05) is 6.04 Å². The number of hydrogen-bond acceptors (Lipinski definition) is 6. The lowest BCUT2D eigenvalue weighted by Gasteiger charge is -2.24. The van der Waals surface area contributed by atoms with Gasteiger partial charge in [0.1, 0.15) is 0 Å². The van der Waals surface area contributed by atoms with Crippen molar-refractivity contribution in [2.45, 2.75) is 58.6 Å². The van der Waals surface area contributed by atoms with Gasteiger partial charge in [-0.25, -0.2) is 9.50 Å². The summed E-state index contributed by atoms with van der Waals surface area (Å²) in [5, 5.41) is 11.4. The molecule has 0 atom stereocenters. The zero-order chi connectivity index (χ0) is 16.4. The fourth-order valence-electron chi connectivity index (χ4n) is 2.79. The predicted molar refractivity (Wildman–Crippen MR) is 90.1 cm³/mol. The van der Waals surface area contributed by atoms with Gasteiger partial charge in [-0.3, -0.25) is 0 Å². The van der Waals surface area contributed by atoms with Crippen molar-refractivity contribution in [3.05, 3.63) is 11.9 Å². The number of anilines is 1. The third-order valence-electron chi connectivity index (χ3n) is 3.98. The molecule has 1 aliphatic heterocycles. The Bertz CT molecular complexity index is 660. The summed E-state index contributed by atoms with van der Waals surface area (Å²) >= 11 is 0. The average molecular weight is 318 g/mol. The lowest BCUT2D eigenvalue weighted by Crippen LogP contribution is -2.35. The SMILES string of the molecule is CC(C)Oc1nc(NC2CCNCC2)c2ncc(C(C)C)n2n1. The quantitative estimate of drug-likeness (QED) is 0.880. The second kappa shape index (κ2) is 6.70. The summed E-state index contributed by atoms with van der Waals surface area (Å²) in [6, 6.07) is 0.796. The number of nitrogens with zero attached hydrogens (tertiary/aromatic N) is 4. The lowest BCUT2D eigenvalue weighted by atomic mass is 10.1. The monoisotopic (exact) mass is 318 g/mol. The highest BCUT2D eigenvalue weighted by molar-refractivity contribution is 5.63. The Balaban J connectivity index is 1.99. The Morgan fingerprint density at radius 3 is 2.65 bits per heavy atom. The minimum Gasteiger partial charge on any atom is -0.460 e. The standard InChI is InChI=1S/C16H26N6O/c1-10(2)13-9-18-15-14(19-12-5-7-17-8-6-12)20-16(21-22(13)15)23-11(3)4/h9-12,17H,5-8H2,1-4H3,(H,19,20,21). The molecule has 3 rings (SSSR count). The van der Waals surface area contributed by atoms with E-state index in [9.17, 15) is 0 Å². The summed E-state index contributed by atoms with van der Waals surface area (Å²) < 4.78 is 7.59. The van der Waals surface area contributed by atoms with Gasteiger partial charge in [-0.1, -0.05) is 13.8 Å². The van der Waals surface area contributed by atoms with Crippen LogP contribution in [0.2, 0.25) is 0 Å². The van der Waals surface area contributed by atoms with Crippen molar-refractivity contribution >= 4 is 11.5 Å². The zero-order valence-corrected chi connectivity index (χ0v) is 14.3. The second-order valence-electron chi connectivity index (χ2n) is 6.65. The minimum atomic E-state index is 0.0326. The van der Waals surface area contributed by atoms with E-state index in [1.54, 1.807) is 0 Å². The summed E-state index contributed by atoms with van der Waals surface area (Å²) in [7, 11) is 0. The first-order chi connectivity index (χ1) is 11.0. The molecule has 2 aromatic rings. The van der Waals surface area contributed by atoms with Gasteiger partial charge in [0.05, 0.1) is 18.0 Å². The molecule has 1 fully saturated rings. The highest BCUT2D eigenvalue weighted by atomic mass is 16.5. The van der Waals surface area contributed by atoms with Gasteiger partial charge in [-0.05, 0) is 45.7 Å². The Kier molecular flexibility index (Phi) is 4.66. The van der Waals surface area contributed by atoms with E-state index in [2.05, 4.69) is 39.5 Å². The van der Waals surface area contributed by atoms with Crippen LogP contribution in [-0.2, 0) is 0 Å². The molecule has 1 aliphatic rings. The molecule has 23 heavy (non-hydrogen) atoms. The van der Waals surface area contributed by atoms with Gasteiger partial charge >= 0.3 is 6.01 Å². The molecular weight excluding hydrogens is 292 g/mol. The van der Waals surface area contributed by atoms with Crippen LogP contribution < -0.4 is 15.4 Å². The minimum absolute atomic E-state index is 0.0326. The number of aromatic nitrogens is 4. The topological polar surface area (TPSA) is 76.4 Å². The molecule has 0 unspecified atom stereocenters. The smallest absolute Gasteiger partial charge is 0.336 e. The molecule has 2 aromatic heterocycles. The van der Waals surface area contributed by atoms with E-state index in [4.69, 9.17) is 4.74 Å². The lowest BCUT2D eigenvalue weighted by molar-refractivity contribution is 0.218. The van der Waals surface area contributed by atoms with Crippen molar-refractivity contribution in [1.82, 2.24) is 24.9 Å². The Morgan fingerprint density at radius 1 is 1.26 bits per heavy atom. The second-order valence-corrected chi connectivity index (χ2v) is 6.65. The maximum absolute atomic E-state index is 5.73. The van der Waals surface area contributed by atoms with Crippen molar-refractivity contribution in [3.8, 4) is 6.01 Å². The van der Waals surface area contributed by atoms with E-state index in [0.29, 0.717) is 18.0 Å². The molecule has 2 N–H and O–H groups in total. The molecule has 3 heterocycles. The molecule has 0 radical (unpaired) electrons.